The predicted molar refractivity (Wildman–Crippen MR) is 178 cm³/mol. The maximum Gasteiger partial charge on any atom is 0.323 e. The summed E-state index contributed by atoms with van der Waals surface area (Å²) in [6.45, 7) is -1.69. The van der Waals surface area contributed by atoms with Crippen LogP contribution >= 0.6 is 23.1 Å². The van der Waals surface area contributed by atoms with Crippen molar-refractivity contribution >= 4 is 78.9 Å². The van der Waals surface area contributed by atoms with Crippen LogP contribution in [0.25, 0.3) is 11.0 Å². The predicted octanol–water partition coefficient (Wildman–Crippen LogP) is -1.07. The number of imide groups is 1. The summed E-state index contributed by atoms with van der Waals surface area (Å²) >= 11 is 0.742. The van der Waals surface area contributed by atoms with Crippen LogP contribution in [0, 0.1) is 10.1 Å². The number of carboxylic acids is 3. The number of hydrogen-bond donors (Lipinski definition) is 4. The summed E-state index contributed by atoms with van der Waals surface area (Å²) in [5.74, 6) is -5.32. The molecule has 5 heterocycles. The minimum absolute atomic E-state index is 0.00780. The van der Waals surface area contributed by atoms with Crippen LogP contribution in [0.15, 0.2) is 37.6 Å². The van der Waals surface area contributed by atoms with Gasteiger partial charge in [-0.25, -0.2) is 0 Å². The zero-order valence-electron chi connectivity index (χ0n) is 26.8. The van der Waals surface area contributed by atoms with Crippen LogP contribution in [-0.2, 0) is 42.4 Å². The Balaban J connectivity index is 1.57. The van der Waals surface area contributed by atoms with E-state index in [1.165, 1.54) is 19.1 Å². The molecule has 2 aromatic heterocycles. The van der Waals surface area contributed by atoms with E-state index in [4.69, 9.17) is 23.7 Å². The number of aliphatic carboxylic acids is 3. The first-order chi connectivity index (χ1) is 24.9. The molecule has 24 heteroatoms. The van der Waals surface area contributed by atoms with Gasteiger partial charge in [-0.2, -0.15) is 8.42 Å². The van der Waals surface area contributed by atoms with E-state index in [2.05, 4.69) is 0 Å². The second-order valence-corrected chi connectivity index (χ2v) is 14.8. The van der Waals surface area contributed by atoms with Gasteiger partial charge < -0.3 is 38.8 Å². The number of nitrogens with zero attached hydrogens (tertiary/aromatic N) is 4. The van der Waals surface area contributed by atoms with Gasteiger partial charge in [-0.15, -0.1) is 11.3 Å². The fourth-order valence-corrected chi connectivity index (χ4v) is 7.90. The van der Waals surface area contributed by atoms with Gasteiger partial charge in [0.05, 0.1) is 16.0 Å². The number of anilines is 1. The van der Waals surface area contributed by atoms with Crippen LogP contribution < -0.4 is 40.3 Å². The average Bonchev–Trinajstić information content (AvgIpc) is 3.86. The van der Waals surface area contributed by atoms with Crippen LogP contribution in [-0.4, -0.2) is 97.0 Å². The minimum atomic E-state index is -4.32. The van der Waals surface area contributed by atoms with Gasteiger partial charge in [-0.3, -0.25) is 52.1 Å². The highest BCUT2D eigenvalue weighted by molar-refractivity contribution is 8.22. The molecule has 0 saturated carbocycles. The van der Waals surface area contributed by atoms with Crippen LogP contribution in [0.1, 0.15) is 13.3 Å². The molecular formula is C29H24N4O17S3. The van der Waals surface area contributed by atoms with Crippen LogP contribution in [0.4, 0.5) is 10.5 Å². The molecule has 0 atom stereocenters. The Morgan fingerprint density at radius 1 is 0.887 bits per heavy atom. The molecular weight excluding hydrogens is 773 g/mol. The molecule has 21 nitrogen and oxygen atoms in total. The van der Waals surface area contributed by atoms with Gasteiger partial charge in [-0.1, -0.05) is 0 Å². The Morgan fingerprint density at radius 3 is 2.17 bits per heavy atom. The summed E-state index contributed by atoms with van der Waals surface area (Å²) in [4.78, 5) is 88.8. The Hall–Kier alpha value is -5.85. The van der Waals surface area contributed by atoms with E-state index in [0.29, 0.717) is 42.6 Å². The number of allylic oxidation sites excluding steroid dienone is 1. The first-order valence-electron chi connectivity index (χ1n) is 14.9. The van der Waals surface area contributed by atoms with Gasteiger partial charge in [0.25, 0.3) is 32.4 Å². The second-order valence-electron chi connectivity index (χ2n) is 11.3. The number of aromatic nitrogens is 2. The lowest BCUT2D eigenvalue weighted by molar-refractivity contribution is -0.140. The molecule has 1 aromatic carbocycles. The Morgan fingerprint density at radius 2 is 1.53 bits per heavy atom. The van der Waals surface area contributed by atoms with E-state index in [-0.39, 0.29) is 53.3 Å². The molecule has 3 aliphatic rings. The van der Waals surface area contributed by atoms with Gasteiger partial charge >= 0.3 is 17.9 Å². The molecule has 3 aliphatic heterocycles. The van der Waals surface area contributed by atoms with E-state index in [1.54, 1.807) is 11.0 Å². The van der Waals surface area contributed by atoms with Crippen molar-refractivity contribution in [1.29, 1.82) is 0 Å². The summed E-state index contributed by atoms with van der Waals surface area (Å²) in [5, 5.41) is 27.2. The maximum atomic E-state index is 13.7. The number of hydrogen-bond acceptors (Lipinski definition) is 16. The van der Waals surface area contributed by atoms with E-state index >= 15 is 0 Å². The molecule has 4 N–H and O–H groups in total. The van der Waals surface area contributed by atoms with Crippen molar-refractivity contribution in [3.63, 3.8) is 0 Å². The lowest BCUT2D eigenvalue weighted by Gasteiger charge is -2.19. The number of thiazole rings is 1. The summed E-state index contributed by atoms with van der Waals surface area (Å²) in [7, 11) is -4.32. The third kappa shape index (κ3) is 7.28. The van der Waals surface area contributed by atoms with E-state index < -0.39 is 96.2 Å². The smallest absolute Gasteiger partial charge is 0.323 e. The van der Waals surface area contributed by atoms with Crippen LogP contribution in [0.3, 0.4) is 0 Å². The van der Waals surface area contributed by atoms with Gasteiger partial charge in [0.1, 0.15) is 29.2 Å². The average molecular weight is 797 g/mol. The number of benzene rings is 1. The third-order valence-electron chi connectivity index (χ3n) is 7.57. The number of rotatable bonds is 11. The zero-order chi connectivity index (χ0) is 38.5. The highest BCUT2D eigenvalue weighted by Gasteiger charge is 2.39. The highest BCUT2D eigenvalue weighted by atomic mass is 32.2. The van der Waals surface area contributed by atoms with E-state index in [1.807, 2.05) is 0 Å². The molecule has 1 saturated heterocycles. The normalized spacial score (nSPS) is 18.1. The van der Waals surface area contributed by atoms with Crippen molar-refractivity contribution < 1.29 is 70.9 Å². The standard InChI is InChI=1S/C29H24N4O17S3/c1-12(26-30(3-2-4-53(44,45)46)13-6-15-16(48-11-47-15)7-14(13)49-26)5-17-23(40)32(9-19(36)37)28(51-17)21-24(41)31(8-18(34)35)27(50-21)22-25(42)33(10-20(38)39)29(43)52-22/h5-7H,2-4,8-11H2,1H3,(H,34,35)(H,36,37)(H,38,39)(H,44,45,46)/b17-5?,26-12?,27-22?,28-21+. The quantitative estimate of drug-likeness (QED) is 0.168. The first-order valence-corrected chi connectivity index (χ1v) is 18.1. The van der Waals surface area contributed by atoms with Gasteiger partial charge in [-0.05, 0) is 31.2 Å². The lowest BCUT2D eigenvalue weighted by Crippen LogP contribution is -2.36. The largest absolute Gasteiger partial charge is 0.480 e. The SMILES string of the molecule is CC(C=c1s/c(=c2/oc(=C3SC(=O)N(CC(=O)O)C3=O)n(CC(=O)O)c2=O)n(CC(=O)O)c1=O)=C1Oc2cc3c(cc2N1CCCS(=O)(=O)O)OCO3. The lowest BCUT2D eigenvalue weighted by atomic mass is 10.2. The zero-order valence-corrected chi connectivity index (χ0v) is 29.2. The van der Waals surface area contributed by atoms with Gasteiger partial charge in [0, 0.05) is 24.3 Å². The van der Waals surface area contributed by atoms with E-state index in [0.717, 1.165) is 0 Å². The molecule has 0 bridgehead atoms. The van der Waals surface area contributed by atoms with Crippen molar-refractivity contribution in [2.75, 3.05) is 30.5 Å². The first kappa shape index (κ1) is 36.9. The Bertz CT molecular complexity index is 2630. The maximum absolute atomic E-state index is 13.7. The summed E-state index contributed by atoms with van der Waals surface area (Å²) in [5.41, 5.74) is -2.98. The second kappa shape index (κ2) is 13.9. The number of fused-ring (bicyclic) bond motifs is 2. The molecule has 0 aliphatic carbocycles. The van der Waals surface area contributed by atoms with Crippen LogP contribution in [0.2, 0.25) is 0 Å². The van der Waals surface area contributed by atoms with Crippen molar-refractivity contribution in [1.82, 2.24) is 14.0 Å². The summed E-state index contributed by atoms with van der Waals surface area (Å²) in [6, 6.07) is 3.12. The molecule has 0 spiro atoms. The third-order valence-corrected chi connectivity index (χ3v) is 10.4. The molecule has 0 unspecified atom stereocenters. The number of oxazole rings is 1. The molecule has 3 aromatic rings. The number of carbonyl (C=O) groups is 5. The summed E-state index contributed by atoms with van der Waals surface area (Å²) < 4.78 is 55.3. The number of ether oxygens (including phenoxy) is 3. The molecule has 1 fully saturated rings. The Labute approximate surface area is 301 Å². The monoisotopic (exact) mass is 796 g/mol. The van der Waals surface area contributed by atoms with E-state index in [9.17, 15) is 56.7 Å². The topological polar surface area (TPSA) is 292 Å². The molecule has 53 heavy (non-hydrogen) atoms. The minimum Gasteiger partial charge on any atom is -0.480 e. The molecule has 0 radical (unpaired) electrons. The van der Waals surface area contributed by atoms with Gasteiger partial charge in [0.2, 0.25) is 23.6 Å². The summed E-state index contributed by atoms with van der Waals surface area (Å²) in [6.07, 6.45) is 1.23. The van der Waals surface area contributed by atoms with Crippen molar-refractivity contribution in [3.05, 3.63) is 64.5 Å². The van der Waals surface area contributed by atoms with Crippen molar-refractivity contribution in [3.8, 4) is 17.2 Å². The number of thioether (sulfide) groups is 1. The number of amides is 2. The van der Waals surface area contributed by atoms with Crippen LogP contribution in [0.5, 0.6) is 17.2 Å². The van der Waals surface area contributed by atoms with Crippen molar-refractivity contribution in [2.24, 2.45) is 0 Å². The van der Waals surface area contributed by atoms with Gasteiger partial charge in [0.15, 0.2) is 17.2 Å². The fourth-order valence-electron chi connectivity index (χ4n) is 5.41. The number of carboxylic acid groups (broad SMARTS) is 3. The Kier molecular flexibility index (Phi) is 9.71. The number of carbonyl (C=O) groups excluding carboxylic acids is 2. The van der Waals surface area contributed by atoms with Crippen molar-refractivity contribution in [2.45, 2.75) is 26.4 Å². The fraction of sp³-hybridized carbons (Fsp3) is 0.276. The highest BCUT2D eigenvalue weighted by Crippen LogP contribution is 2.48. The molecule has 2 amide bonds. The molecule has 6 rings (SSSR count). The molecule has 280 valence electrons.